The molecule has 35 heavy (non-hydrogen) atoms. The van der Waals surface area contributed by atoms with E-state index in [9.17, 15) is 14.9 Å². The van der Waals surface area contributed by atoms with Crippen LogP contribution in [-0.4, -0.2) is 32.0 Å². The Kier molecular flexibility index (Phi) is 7.39. The Labute approximate surface area is 202 Å². The zero-order valence-corrected chi connectivity index (χ0v) is 19.7. The minimum absolute atomic E-state index is 0.0717. The van der Waals surface area contributed by atoms with Crippen LogP contribution in [0.1, 0.15) is 38.4 Å². The Morgan fingerprint density at radius 2 is 1.94 bits per heavy atom. The van der Waals surface area contributed by atoms with Gasteiger partial charge in [-0.1, -0.05) is 37.6 Å². The van der Waals surface area contributed by atoms with Crippen LogP contribution in [0.5, 0.6) is 0 Å². The van der Waals surface area contributed by atoms with E-state index >= 15 is 0 Å². The van der Waals surface area contributed by atoms with E-state index < -0.39 is 11.0 Å². The number of non-ortho nitro benzene ring substituents is 1. The molecule has 2 aromatic heterocycles. The summed E-state index contributed by atoms with van der Waals surface area (Å²) in [7, 11) is 0. The van der Waals surface area contributed by atoms with Gasteiger partial charge in [-0.05, 0) is 31.4 Å². The number of pyridine rings is 1. The van der Waals surface area contributed by atoms with E-state index in [1.807, 2.05) is 24.3 Å². The Morgan fingerprint density at radius 1 is 1.11 bits per heavy atom. The minimum atomic E-state index is -0.495. The van der Waals surface area contributed by atoms with Crippen LogP contribution in [0.15, 0.2) is 48.5 Å². The Balaban J connectivity index is 1.41. The fourth-order valence-electron chi connectivity index (χ4n) is 4.14. The number of unbranched alkanes of at least 4 members (excludes halogenated alkanes) is 2. The van der Waals surface area contributed by atoms with E-state index in [1.165, 1.54) is 18.2 Å². The molecule has 0 radical (unpaired) electrons. The zero-order chi connectivity index (χ0) is 24.8. The first-order valence-electron chi connectivity index (χ1n) is 11.8. The second kappa shape index (κ2) is 10.8. The number of rotatable bonds is 10. The number of carbonyl (C=O) groups is 1. The fourth-order valence-corrected chi connectivity index (χ4v) is 4.14. The van der Waals surface area contributed by atoms with Gasteiger partial charge in [0.05, 0.1) is 16.0 Å². The maximum atomic E-state index is 12.2. The van der Waals surface area contributed by atoms with Crippen molar-refractivity contribution >= 4 is 45.2 Å². The number of para-hydroxylation sites is 1. The summed E-state index contributed by atoms with van der Waals surface area (Å²) in [5, 5.41) is 17.4. The molecule has 0 saturated carbocycles. The van der Waals surface area contributed by atoms with Crippen molar-refractivity contribution in [1.82, 2.24) is 19.9 Å². The summed E-state index contributed by atoms with van der Waals surface area (Å²) in [5.74, 6) is 1.44. The summed E-state index contributed by atoms with van der Waals surface area (Å²) in [6.07, 6.45) is 4.56. The van der Waals surface area contributed by atoms with E-state index in [4.69, 9.17) is 10.7 Å². The monoisotopic (exact) mass is 475 g/mol. The number of hydrogen-bond donors (Lipinski definition) is 3. The SMILES string of the molecule is CCCCc1nc2c(N)nc3ccccc3c2n1CCCCNC(=O)Nc1cccc([N+](=O)[O-])c1. The third kappa shape index (κ3) is 5.48. The summed E-state index contributed by atoms with van der Waals surface area (Å²) in [6.45, 7) is 3.38. The number of urea groups is 1. The Morgan fingerprint density at radius 3 is 2.74 bits per heavy atom. The van der Waals surface area contributed by atoms with Crippen LogP contribution in [0, 0.1) is 10.1 Å². The quantitative estimate of drug-likeness (QED) is 0.167. The number of benzene rings is 2. The largest absolute Gasteiger partial charge is 0.382 e. The van der Waals surface area contributed by atoms with Gasteiger partial charge >= 0.3 is 6.03 Å². The van der Waals surface area contributed by atoms with Gasteiger partial charge in [-0.3, -0.25) is 10.1 Å². The molecule has 0 fully saturated rings. The molecule has 2 aromatic carbocycles. The average Bonchev–Trinajstić information content (AvgIpc) is 3.22. The molecule has 2 amide bonds. The highest BCUT2D eigenvalue weighted by atomic mass is 16.6. The molecule has 4 N–H and O–H groups in total. The van der Waals surface area contributed by atoms with Gasteiger partial charge in [0.1, 0.15) is 11.3 Å². The first-order chi connectivity index (χ1) is 17.0. The van der Waals surface area contributed by atoms with Gasteiger partial charge in [-0.25, -0.2) is 14.8 Å². The van der Waals surface area contributed by atoms with Gasteiger partial charge in [-0.15, -0.1) is 0 Å². The third-order valence-corrected chi connectivity index (χ3v) is 5.85. The third-order valence-electron chi connectivity index (χ3n) is 5.85. The Hall–Kier alpha value is -4.21. The number of nitro groups is 1. The number of nitrogen functional groups attached to an aromatic ring is 1. The first-order valence-corrected chi connectivity index (χ1v) is 11.8. The molecule has 0 saturated heterocycles. The fraction of sp³-hybridized carbons (Fsp3) is 0.320. The lowest BCUT2D eigenvalue weighted by Crippen LogP contribution is -2.29. The normalized spacial score (nSPS) is 11.1. The van der Waals surface area contributed by atoms with E-state index in [1.54, 1.807) is 6.07 Å². The maximum Gasteiger partial charge on any atom is 0.319 e. The van der Waals surface area contributed by atoms with Crippen molar-refractivity contribution in [3.8, 4) is 0 Å². The number of nitrogens with zero attached hydrogens (tertiary/aromatic N) is 4. The predicted molar refractivity (Wildman–Crippen MR) is 137 cm³/mol. The molecule has 0 aliphatic carbocycles. The molecule has 0 atom stereocenters. The van der Waals surface area contributed by atoms with E-state index in [0.717, 1.165) is 66.4 Å². The van der Waals surface area contributed by atoms with Crippen LogP contribution in [0.25, 0.3) is 21.9 Å². The smallest absolute Gasteiger partial charge is 0.319 e. The summed E-state index contributed by atoms with van der Waals surface area (Å²) >= 11 is 0. The highest BCUT2D eigenvalue weighted by Crippen LogP contribution is 2.29. The van der Waals surface area contributed by atoms with Gasteiger partial charge in [0.15, 0.2) is 5.82 Å². The van der Waals surface area contributed by atoms with Crippen molar-refractivity contribution in [2.24, 2.45) is 0 Å². The van der Waals surface area contributed by atoms with Gasteiger partial charge in [0, 0.05) is 42.7 Å². The highest BCUT2D eigenvalue weighted by Gasteiger charge is 2.17. The van der Waals surface area contributed by atoms with Crippen molar-refractivity contribution in [2.75, 3.05) is 17.6 Å². The topological polar surface area (TPSA) is 141 Å². The molecule has 0 aliphatic rings. The second-order valence-electron chi connectivity index (χ2n) is 8.39. The lowest BCUT2D eigenvalue weighted by atomic mass is 10.2. The lowest BCUT2D eigenvalue weighted by molar-refractivity contribution is -0.384. The predicted octanol–water partition coefficient (Wildman–Crippen LogP) is 5.02. The molecule has 10 heteroatoms. The number of fused-ring (bicyclic) bond motifs is 3. The number of carbonyl (C=O) groups excluding carboxylic acids is 1. The van der Waals surface area contributed by atoms with Crippen molar-refractivity contribution in [2.45, 2.75) is 45.6 Å². The molecule has 4 aromatic rings. The summed E-state index contributed by atoms with van der Waals surface area (Å²) < 4.78 is 2.24. The summed E-state index contributed by atoms with van der Waals surface area (Å²) in [6, 6.07) is 13.4. The zero-order valence-electron chi connectivity index (χ0n) is 19.7. The average molecular weight is 476 g/mol. The highest BCUT2D eigenvalue weighted by molar-refractivity contribution is 6.06. The van der Waals surface area contributed by atoms with Crippen LogP contribution in [0.4, 0.5) is 22.0 Å². The molecule has 182 valence electrons. The molecule has 2 heterocycles. The number of imidazole rings is 1. The van der Waals surface area contributed by atoms with Crippen LogP contribution in [0.3, 0.4) is 0 Å². The molecule has 0 spiro atoms. The van der Waals surface area contributed by atoms with Crippen LogP contribution >= 0.6 is 0 Å². The van der Waals surface area contributed by atoms with Crippen LogP contribution < -0.4 is 16.4 Å². The number of nitrogens with one attached hydrogen (secondary N) is 2. The molecule has 0 bridgehead atoms. The van der Waals surface area contributed by atoms with E-state index in [0.29, 0.717) is 18.1 Å². The van der Waals surface area contributed by atoms with E-state index in [-0.39, 0.29) is 5.69 Å². The standard InChI is InChI=1S/C25H29N7O3/c1-2-3-13-21-30-22-23(19-11-4-5-12-20(19)29-24(22)26)31(21)15-7-6-14-27-25(33)28-17-9-8-10-18(16-17)32(34)35/h4-5,8-12,16H,2-3,6-7,13-15H2,1H3,(H2,26,29)(H2,27,28,33). The number of anilines is 2. The number of nitrogens with two attached hydrogens (primary N) is 1. The van der Waals surface area contributed by atoms with Crippen molar-refractivity contribution in [3.63, 3.8) is 0 Å². The minimum Gasteiger partial charge on any atom is -0.382 e. The van der Waals surface area contributed by atoms with Crippen LogP contribution in [-0.2, 0) is 13.0 Å². The molecule has 4 rings (SSSR count). The van der Waals surface area contributed by atoms with Gasteiger partial charge < -0.3 is 20.9 Å². The van der Waals surface area contributed by atoms with Crippen molar-refractivity contribution in [3.05, 3.63) is 64.5 Å². The maximum absolute atomic E-state index is 12.2. The van der Waals surface area contributed by atoms with Gasteiger partial charge in [0.2, 0.25) is 0 Å². The molecular formula is C25H29N7O3. The summed E-state index contributed by atoms with van der Waals surface area (Å²) in [4.78, 5) is 32.0. The van der Waals surface area contributed by atoms with Crippen molar-refractivity contribution < 1.29 is 9.72 Å². The number of aromatic nitrogens is 3. The molecule has 0 aliphatic heterocycles. The van der Waals surface area contributed by atoms with Crippen LogP contribution in [0.2, 0.25) is 0 Å². The molecule has 0 unspecified atom stereocenters. The molecular weight excluding hydrogens is 446 g/mol. The van der Waals surface area contributed by atoms with E-state index in [2.05, 4.69) is 27.1 Å². The van der Waals surface area contributed by atoms with Gasteiger partial charge in [-0.2, -0.15) is 0 Å². The number of amides is 2. The number of hydrogen-bond acceptors (Lipinski definition) is 6. The second-order valence-corrected chi connectivity index (χ2v) is 8.39. The molecule has 10 nitrogen and oxygen atoms in total. The number of aryl methyl sites for hydroxylation is 2. The van der Waals surface area contributed by atoms with Crippen molar-refractivity contribution in [1.29, 1.82) is 0 Å². The Bertz CT molecular complexity index is 1370. The summed E-state index contributed by atoms with van der Waals surface area (Å²) in [5.41, 5.74) is 9.15. The number of nitro benzene ring substituents is 1. The lowest BCUT2D eigenvalue weighted by Gasteiger charge is -2.11. The first kappa shape index (κ1) is 23.9. The van der Waals surface area contributed by atoms with Gasteiger partial charge in [0.25, 0.3) is 5.69 Å².